The van der Waals surface area contributed by atoms with E-state index in [1.165, 1.54) is 6.26 Å². The van der Waals surface area contributed by atoms with Crippen LogP contribution < -0.4 is 16.8 Å². The molecule has 0 saturated carbocycles. The summed E-state index contributed by atoms with van der Waals surface area (Å²) in [5.41, 5.74) is 13.6. The third-order valence-electron chi connectivity index (χ3n) is 4.42. The topological polar surface area (TPSA) is 195 Å². The molecule has 0 saturated heterocycles. The summed E-state index contributed by atoms with van der Waals surface area (Å²) >= 11 is 0. The first-order valence-corrected chi connectivity index (χ1v) is 8.88. The van der Waals surface area contributed by atoms with E-state index in [0.29, 0.717) is 11.8 Å². The Labute approximate surface area is 169 Å². The molecule has 0 aliphatic carbocycles. The highest BCUT2D eigenvalue weighted by Crippen LogP contribution is 2.27. The predicted octanol–water partition coefficient (Wildman–Crippen LogP) is 1.03. The number of carbonyl (C=O) groups is 3. The van der Waals surface area contributed by atoms with Gasteiger partial charge < -0.3 is 31.4 Å². The van der Waals surface area contributed by atoms with Gasteiger partial charge in [-0.1, -0.05) is 12.1 Å². The zero-order chi connectivity index (χ0) is 21.8. The first-order chi connectivity index (χ1) is 14.2. The summed E-state index contributed by atoms with van der Waals surface area (Å²) < 4.78 is 5.38. The predicted molar refractivity (Wildman–Crippen MR) is 106 cm³/mol. The van der Waals surface area contributed by atoms with Crippen molar-refractivity contribution in [2.75, 3.05) is 11.5 Å². The molecule has 1 aromatic carbocycles. The van der Waals surface area contributed by atoms with Crippen LogP contribution in [-0.2, 0) is 16.0 Å². The largest absolute Gasteiger partial charge is 0.481 e. The van der Waals surface area contributed by atoms with Gasteiger partial charge in [0.05, 0.1) is 11.6 Å². The third-order valence-corrected chi connectivity index (χ3v) is 4.42. The van der Waals surface area contributed by atoms with Crippen LogP contribution in [0.2, 0.25) is 0 Å². The number of rotatable bonds is 8. The van der Waals surface area contributed by atoms with Crippen LogP contribution in [-0.4, -0.2) is 44.1 Å². The van der Waals surface area contributed by atoms with Gasteiger partial charge in [-0.2, -0.15) is 9.97 Å². The van der Waals surface area contributed by atoms with Gasteiger partial charge in [-0.15, -0.1) is 0 Å². The van der Waals surface area contributed by atoms with Gasteiger partial charge in [0.15, 0.2) is 0 Å². The average Bonchev–Trinajstić information content (AvgIpc) is 3.07. The lowest BCUT2D eigenvalue weighted by Crippen LogP contribution is -2.41. The fourth-order valence-corrected chi connectivity index (χ4v) is 2.94. The van der Waals surface area contributed by atoms with Gasteiger partial charge >= 0.3 is 11.9 Å². The Kier molecular flexibility index (Phi) is 5.81. The Hall–Kier alpha value is -4.15. The molecule has 3 aromatic rings. The molecule has 3 rings (SSSR count). The van der Waals surface area contributed by atoms with Gasteiger partial charge in [0.2, 0.25) is 11.7 Å². The number of nitrogens with two attached hydrogens (primary N) is 2. The number of amides is 1. The van der Waals surface area contributed by atoms with Crippen molar-refractivity contribution in [3.05, 3.63) is 47.2 Å². The van der Waals surface area contributed by atoms with E-state index in [0.717, 1.165) is 11.1 Å². The Balaban J connectivity index is 1.71. The molecule has 11 heteroatoms. The number of nitrogen functional groups attached to an aromatic ring is 2. The number of carboxylic acid groups (broad SMARTS) is 2. The second-order valence-corrected chi connectivity index (χ2v) is 6.58. The molecule has 0 spiro atoms. The number of furan rings is 1. The SMILES string of the molecule is Nc1nc(N)c2c(Cc3ccc(C(=O)N[C@@H](CCC(=O)O)C(=O)O)cc3)coc2n1. The van der Waals surface area contributed by atoms with Crippen molar-refractivity contribution in [2.45, 2.75) is 25.3 Å². The molecule has 1 atom stereocenters. The van der Waals surface area contributed by atoms with E-state index in [9.17, 15) is 14.4 Å². The fraction of sp³-hybridized carbons (Fsp3) is 0.211. The molecule has 0 aliphatic heterocycles. The minimum absolute atomic E-state index is 0.0132. The standard InChI is InChI=1S/C19H19N5O6/c20-15-14-11(8-30-17(14)24-19(21)23-15)7-9-1-3-10(4-2-9)16(27)22-12(18(28)29)5-6-13(25)26/h1-4,8,12H,5-7H2,(H,22,27)(H,25,26)(H,28,29)(H4,20,21,23,24)/t12-/m0/s1. The van der Waals surface area contributed by atoms with Crippen LogP contribution in [0, 0.1) is 0 Å². The maximum atomic E-state index is 12.3. The summed E-state index contributed by atoms with van der Waals surface area (Å²) in [4.78, 5) is 42.1. The summed E-state index contributed by atoms with van der Waals surface area (Å²) in [6, 6.07) is 5.20. The lowest BCUT2D eigenvalue weighted by molar-refractivity contribution is -0.140. The van der Waals surface area contributed by atoms with Crippen molar-refractivity contribution in [2.24, 2.45) is 0 Å². The first kappa shape index (κ1) is 20.6. The highest BCUT2D eigenvalue weighted by molar-refractivity contribution is 5.96. The lowest BCUT2D eigenvalue weighted by Gasteiger charge is -2.13. The van der Waals surface area contributed by atoms with Crippen molar-refractivity contribution in [1.82, 2.24) is 15.3 Å². The summed E-state index contributed by atoms with van der Waals surface area (Å²) in [7, 11) is 0. The molecule has 7 N–H and O–H groups in total. The number of hydrogen-bond donors (Lipinski definition) is 5. The molecule has 0 unspecified atom stereocenters. The van der Waals surface area contributed by atoms with Crippen LogP contribution in [0.4, 0.5) is 11.8 Å². The Morgan fingerprint density at radius 1 is 1.10 bits per heavy atom. The van der Waals surface area contributed by atoms with Crippen molar-refractivity contribution in [1.29, 1.82) is 0 Å². The summed E-state index contributed by atoms with van der Waals surface area (Å²) in [6.45, 7) is 0. The van der Waals surface area contributed by atoms with E-state index >= 15 is 0 Å². The van der Waals surface area contributed by atoms with E-state index in [2.05, 4.69) is 15.3 Å². The van der Waals surface area contributed by atoms with Gasteiger partial charge in [0.25, 0.3) is 5.91 Å². The highest BCUT2D eigenvalue weighted by Gasteiger charge is 2.21. The van der Waals surface area contributed by atoms with E-state index in [-0.39, 0.29) is 35.9 Å². The van der Waals surface area contributed by atoms with Crippen molar-refractivity contribution >= 4 is 40.7 Å². The second-order valence-electron chi connectivity index (χ2n) is 6.58. The quantitative estimate of drug-likeness (QED) is 0.356. The van der Waals surface area contributed by atoms with Gasteiger partial charge in [0, 0.05) is 24.0 Å². The fourth-order valence-electron chi connectivity index (χ4n) is 2.94. The molecule has 30 heavy (non-hydrogen) atoms. The van der Waals surface area contributed by atoms with E-state index < -0.39 is 23.9 Å². The van der Waals surface area contributed by atoms with Gasteiger partial charge in [-0.25, -0.2) is 4.79 Å². The average molecular weight is 413 g/mol. The molecule has 2 aromatic heterocycles. The summed E-state index contributed by atoms with van der Waals surface area (Å²) in [5.74, 6) is -2.83. The van der Waals surface area contributed by atoms with Crippen molar-refractivity contribution in [3.63, 3.8) is 0 Å². The van der Waals surface area contributed by atoms with E-state index in [4.69, 9.17) is 26.1 Å². The number of aliphatic carboxylic acids is 2. The number of benzene rings is 1. The zero-order valence-corrected chi connectivity index (χ0v) is 15.7. The van der Waals surface area contributed by atoms with E-state index in [1.807, 2.05) is 0 Å². The number of aromatic nitrogens is 2. The molecule has 0 radical (unpaired) electrons. The smallest absolute Gasteiger partial charge is 0.326 e. The van der Waals surface area contributed by atoms with Crippen LogP contribution in [0.25, 0.3) is 11.1 Å². The van der Waals surface area contributed by atoms with Crippen LogP contribution in [0.5, 0.6) is 0 Å². The minimum atomic E-state index is -1.30. The summed E-state index contributed by atoms with van der Waals surface area (Å²) in [6.07, 6.45) is 1.36. The van der Waals surface area contributed by atoms with E-state index in [1.54, 1.807) is 24.3 Å². The number of anilines is 2. The monoisotopic (exact) mass is 413 g/mol. The number of hydrogen-bond acceptors (Lipinski definition) is 8. The van der Waals surface area contributed by atoms with Crippen LogP contribution in [0.3, 0.4) is 0 Å². The molecular formula is C19H19N5O6. The molecule has 1 amide bonds. The van der Waals surface area contributed by atoms with Crippen LogP contribution in [0.1, 0.15) is 34.3 Å². The van der Waals surface area contributed by atoms with Gasteiger partial charge in [-0.05, 0) is 24.1 Å². The molecule has 156 valence electrons. The Bertz CT molecular complexity index is 1110. The van der Waals surface area contributed by atoms with Crippen molar-refractivity contribution < 1.29 is 29.0 Å². The number of fused-ring (bicyclic) bond motifs is 1. The minimum Gasteiger partial charge on any atom is -0.481 e. The maximum absolute atomic E-state index is 12.3. The van der Waals surface area contributed by atoms with Gasteiger partial charge in [0.1, 0.15) is 11.9 Å². The number of carbonyl (C=O) groups excluding carboxylic acids is 1. The Morgan fingerprint density at radius 2 is 1.80 bits per heavy atom. The molecule has 11 nitrogen and oxygen atoms in total. The second kappa shape index (κ2) is 8.47. The van der Waals surface area contributed by atoms with Crippen LogP contribution >= 0.6 is 0 Å². The Morgan fingerprint density at radius 3 is 2.43 bits per heavy atom. The van der Waals surface area contributed by atoms with Crippen molar-refractivity contribution in [3.8, 4) is 0 Å². The first-order valence-electron chi connectivity index (χ1n) is 8.88. The third kappa shape index (κ3) is 4.63. The zero-order valence-electron chi connectivity index (χ0n) is 15.7. The summed E-state index contributed by atoms with van der Waals surface area (Å²) in [5, 5.41) is 20.7. The number of carboxylic acids is 2. The highest BCUT2D eigenvalue weighted by atomic mass is 16.4. The lowest BCUT2D eigenvalue weighted by atomic mass is 10.0. The molecular weight excluding hydrogens is 394 g/mol. The normalized spacial score (nSPS) is 11.9. The molecule has 2 heterocycles. The molecule has 0 fully saturated rings. The maximum Gasteiger partial charge on any atom is 0.326 e. The van der Waals surface area contributed by atoms with Gasteiger partial charge in [-0.3, -0.25) is 9.59 Å². The molecule has 0 aliphatic rings. The number of nitrogens with one attached hydrogen (secondary N) is 1. The molecule has 0 bridgehead atoms. The number of nitrogens with zero attached hydrogens (tertiary/aromatic N) is 2. The van der Waals surface area contributed by atoms with Crippen LogP contribution in [0.15, 0.2) is 34.9 Å².